The molecule has 1 unspecified atom stereocenters. The molecule has 1 aromatic rings. The Morgan fingerprint density at radius 2 is 2.50 bits per heavy atom. The first kappa shape index (κ1) is 11.6. The van der Waals surface area contributed by atoms with Crippen molar-refractivity contribution in [3.05, 3.63) is 17.5 Å². The molecule has 1 aliphatic heterocycles. The van der Waals surface area contributed by atoms with Gasteiger partial charge in [-0.25, -0.2) is 0 Å². The lowest BCUT2D eigenvalue weighted by Crippen LogP contribution is -2.21. The highest BCUT2D eigenvalue weighted by molar-refractivity contribution is 5.08. The van der Waals surface area contributed by atoms with Crippen molar-refractivity contribution in [1.29, 1.82) is 0 Å². The van der Waals surface area contributed by atoms with Crippen molar-refractivity contribution >= 4 is 0 Å². The molecule has 16 heavy (non-hydrogen) atoms. The number of hydrogen-bond donors (Lipinski definition) is 1. The first-order valence-corrected chi connectivity index (χ1v) is 6.07. The Morgan fingerprint density at radius 3 is 3.12 bits per heavy atom. The van der Waals surface area contributed by atoms with E-state index in [1.165, 1.54) is 18.5 Å². The molecule has 1 fully saturated rings. The number of hydrogen-bond acceptors (Lipinski definition) is 3. The second kappa shape index (κ2) is 5.46. The first-order valence-electron chi connectivity index (χ1n) is 6.07. The fourth-order valence-electron chi connectivity index (χ4n) is 2.18. The van der Waals surface area contributed by atoms with Gasteiger partial charge >= 0.3 is 0 Å². The van der Waals surface area contributed by atoms with Crippen LogP contribution in [0, 0.1) is 6.92 Å². The van der Waals surface area contributed by atoms with Crippen LogP contribution in [-0.2, 0) is 18.3 Å². The third-order valence-electron chi connectivity index (χ3n) is 3.07. The summed E-state index contributed by atoms with van der Waals surface area (Å²) in [5.74, 6) is 0. The van der Waals surface area contributed by atoms with Crippen molar-refractivity contribution in [2.75, 3.05) is 13.2 Å². The topological polar surface area (TPSA) is 39.1 Å². The standard InChI is InChI=1S/C12H21N3O/c1-10-8-11(15(2)14-10)9-13-6-5-12-4-3-7-16-12/h8,12-13H,3-7,9H2,1-2H3. The van der Waals surface area contributed by atoms with Crippen LogP contribution in [0.5, 0.6) is 0 Å². The molecular formula is C12H21N3O. The largest absolute Gasteiger partial charge is 0.378 e. The minimum absolute atomic E-state index is 0.487. The van der Waals surface area contributed by atoms with Crippen molar-refractivity contribution in [3.8, 4) is 0 Å². The van der Waals surface area contributed by atoms with E-state index in [1.807, 2.05) is 18.7 Å². The van der Waals surface area contributed by atoms with Gasteiger partial charge in [0.2, 0.25) is 0 Å². The Morgan fingerprint density at radius 1 is 1.62 bits per heavy atom. The highest BCUT2D eigenvalue weighted by atomic mass is 16.5. The maximum absolute atomic E-state index is 5.58. The summed E-state index contributed by atoms with van der Waals surface area (Å²) in [5.41, 5.74) is 2.32. The second-order valence-electron chi connectivity index (χ2n) is 4.50. The van der Waals surface area contributed by atoms with Crippen molar-refractivity contribution in [1.82, 2.24) is 15.1 Å². The molecule has 0 saturated carbocycles. The van der Waals surface area contributed by atoms with Crippen molar-refractivity contribution < 1.29 is 4.74 Å². The molecule has 1 aromatic heterocycles. The van der Waals surface area contributed by atoms with Gasteiger partial charge in [0, 0.05) is 20.2 Å². The number of nitrogens with zero attached hydrogens (tertiary/aromatic N) is 2. The van der Waals surface area contributed by atoms with Crippen LogP contribution in [0.2, 0.25) is 0 Å². The van der Waals surface area contributed by atoms with Crippen LogP contribution < -0.4 is 5.32 Å². The van der Waals surface area contributed by atoms with E-state index in [-0.39, 0.29) is 0 Å². The summed E-state index contributed by atoms with van der Waals surface area (Å²) in [4.78, 5) is 0. The van der Waals surface area contributed by atoms with Gasteiger partial charge < -0.3 is 10.1 Å². The molecule has 2 heterocycles. The quantitative estimate of drug-likeness (QED) is 0.767. The third-order valence-corrected chi connectivity index (χ3v) is 3.07. The lowest BCUT2D eigenvalue weighted by Gasteiger charge is -2.09. The molecule has 4 nitrogen and oxygen atoms in total. The van der Waals surface area contributed by atoms with Gasteiger partial charge in [-0.3, -0.25) is 4.68 Å². The van der Waals surface area contributed by atoms with E-state index >= 15 is 0 Å². The highest BCUT2D eigenvalue weighted by Crippen LogP contribution is 2.14. The zero-order valence-electron chi connectivity index (χ0n) is 10.2. The lowest BCUT2D eigenvalue weighted by molar-refractivity contribution is 0.104. The van der Waals surface area contributed by atoms with E-state index in [4.69, 9.17) is 4.74 Å². The SMILES string of the molecule is Cc1cc(CNCCC2CCCO2)n(C)n1. The molecule has 0 radical (unpaired) electrons. The number of aryl methyl sites for hydroxylation is 2. The third kappa shape index (κ3) is 3.06. The minimum atomic E-state index is 0.487. The van der Waals surface area contributed by atoms with Crippen LogP contribution in [0.3, 0.4) is 0 Å². The van der Waals surface area contributed by atoms with Crippen molar-refractivity contribution in [2.45, 2.75) is 38.8 Å². The van der Waals surface area contributed by atoms with Crippen LogP contribution in [0.15, 0.2) is 6.07 Å². The molecule has 0 aliphatic carbocycles. The molecule has 1 saturated heterocycles. The molecule has 90 valence electrons. The van der Waals surface area contributed by atoms with Gasteiger partial charge in [-0.15, -0.1) is 0 Å². The van der Waals surface area contributed by atoms with Gasteiger partial charge in [-0.1, -0.05) is 0 Å². The maximum atomic E-state index is 5.58. The van der Waals surface area contributed by atoms with Gasteiger partial charge in [0.25, 0.3) is 0 Å². The summed E-state index contributed by atoms with van der Waals surface area (Å²) in [6.45, 7) is 4.89. The van der Waals surface area contributed by atoms with Crippen LogP contribution in [0.25, 0.3) is 0 Å². The summed E-state index contributed by atoms with van der Waals surface area (Å²) in [6, 6.07) is 2.12. The summed E-state index contributed by atoms with van der Waals surface area (Å²) >= 11 is 0. The zero-order valence-corrected chi connectivity index (χ0v) is 10.2. The smallest absolute Gasteiger partial charge is 0.0597 e. The van der Waals surface area contributed by atoms with Gasteiger partial charge in [0.15, 0.2) is 0 Å². The number of rotatable bonds is 5. The molecule has 2 rings (SSSR count). The van der Waals surface area contributed by atoms with Gasteiger partial charge in [-0.05, 0) is 38.8 Å². The van der Waals surface area contributed by atoms with Crippen molar-refractivity contribution in [3.63, 3.8) is 0 Å². The van der Waals surface area contributed by atoms with Crippen LogP contribution in [-0.4, -0.2) is 29.0 Å². The molecule has 0 amide bonds. The lowest BCUT2D eigenvalue weighted by atomic mass is 10.2. The van der Waals surface area contributed by atoms with E-state index in [2.05, 4.69) is 16.5 Å². The molecule has 0 bridgehead atoms. The van der Waals surface area contributed by atoms with Crippen molar-refractivity contribution in [2.24, 2.45) is 7.05 Å². The Labute approximate surface area is 97.0 Å². The van der Waals surface area contributed by atoms with Gasteiger partial charge in [-0.2, -0.15) is 5.10 Å². The van der Waals surface area contributed by atoms with E-state index in [0.29, 0.717) is 6.10 Å². The predicted octanol–water partition coefficient (Wildman–Crippen LogP) is 1.39. The average Bonchev–Trinajstić information content (AvgIpc) is 2.84. The summed E-state index contributed by atoms with van der Waals surface area (Å²) in [6.07, 6.45) is 4.07. The molecule has 1 aliphatic rings. The monoisotopic (exact) mass is 223 g/mol. The average molecular weight is 223 g/mol. The van der Waals surface area contributed by atoms with E-state index < -0.39 is 0 Å². The fourth-order valence-corrected chi connectivity index (χ4v) is 2.18. The van der Waals surface area contributed by atoms with Gasteiger partial charge in [0.05, 0.1) is 17.5 Å². The van der Waals surface area contributed by atoms with E-state index in [0.717, 1.165) is 31.8 Å². The second-order valence-corrected chi connectivity index (χ2v) is 4.50. The van der Waals surface area contributed by atoms with Gasteiger partial charge in [0.1, 0.15) is 0 Å². The number of nitrogens with one attached hydrogen (secondary N) is 1. The molecule has 0 spiro atoms. The first-order chi connectivity index (χ1) is 7.75. The zero-order chi connectivity index (χ0) is 11.4. The Balaban J connectivity index is 1.65. The summed E-state index contributed by atoms with van der Waals surface area (Å²) in [5, 5.41) is 7.76. The van der Waals surface area contributed by atoms with Crippen LogP contribution >= 0.6 is 0 Å². The minimum Gasteiger partial charge on any atom is -0.378 e. The van der Waals surface area contributed by atoms with Crippen LogP contribution in [0.4, 0.5) is 0 Å². The summed E-state index contributed by atoms with van der Waals surface area (Å²) < 4.78 is 7.51. The van der Waals surface area contributed by atoms with E-state index in [9.17, 15) is 0 Å². The fraction of sp³-hybridized carbons (Fsp3) is 0.750. The normalized spacial score (nSPS) is 20.5. The predicted molar refractivity (Wildman–Crippen MR) is 63.2 cm³/mol. The molecule has 1 atom stereocenters. The number of ether oxygens (including phenoxy) is 1. The molecule has 1 N–H and O–H groups in total. The van der Waals surface area contributed by atoms with Crippen LogP contribution in [0.1, 0.15) is 30.7 Å². The Bertz CT molecular complexity index is 329. The van der Waals surface area contributed by atoms with E-state index in [1.54, 1.807) is 0 Å². The maximum Gasteiger partial charge on any atom is 0.0597 e. The number of aromatic nitrogens is 2. The Kier molecular flexibility index (Phi) is 3.96. The highest BCUT2D eigenvalue weighted by Gasteiger charge is 2.14. The Hall–Kier alpha value is -0.870. The molecular weight excluding hydrogens is 202 g/mol. The molecule has 4 heteroatoms. The molecule has 0 aromatic carbocycles. The summed E-state index contributed by atoms with van der Waals surface area (Å²) in [7, 11) is 1.99.